The van der Waals surface area contributed by atoms with Gasteiger partial charge in [-0.1, -0.05) is 29.8 Å². The maximum Gasteiger partial charge on any atom is 0.0937 e. The molecule has 2 aromatic rings. The van der Waals surface area contributed by atoms with Crippen molar-refractivity contribution in [1.82, 2.24) is 10.3 Å². The van der Waals surface area contributed by atoms with Crippen LogP contribution in [0.15, 0.2) is 35.8 Å². The lowest BCUT2D eigenvalue weighted by atomic mass is 10.1. The summed E-state index contributed by atoms with van der Waals surface area (Å²) in [7, 11) is 0. The molecule has 2 nitrogen and oxygen atoms in total. The van der Waals surface area contributed by atoms with E-state index in [4.69, 9.17) is 0 Å². The zero-order chi connectivity index (χ0) is 11.2. The fourth-order valence-electron chi connectivity index (χ4n) is 1.63. The molecular weight excluding hydrogens is 216 g/mol. The molecule has 2 rings (SSSR count). The fourth-order valence-corrected chi connectivity index (χ4v) is 2.25. The summed E-state index contributed by atoms with van der Waals surface area (Å²) in [6.07, 6.45) is 2.88. The molecule has 84 valence electrons. The number of aryl methyl sites for hydroxylation is 1. The monoisotopic (exact) mass is 232 g/mol. The molecule has 1 aromatic carbocycles. The summed E-state index contributed by atoms with van der Waals surface area (Å²) in [6, 6.07) is 8.60. The zero-order valence-electron chi connectivity index (χ0n) is 9.44. The Morgan fingerprint density at radius 3 is 3.06 bits per heavy atom. The first-order chi connectivity index (χ1) is 7.84. The van der Waals surface area contributed by atoms with Crippen molar-refractivity contribution < 1.29 is 0 Å². The lowest BCUT2D eigenvalue weighted by Gasteiger charge is -2.04. The van der Waals surface area contributed by atoms with Gasteiger partial charge in [0.05, 0.1) is 5.01 Å². The topological polar surface area (TPSA) is 24.9 Å². The van der Waals surface area contributed by atoms with Gasteiger partial charge in [-0.15, -0.1) is 11.3 Å². The molecule has 0 unspecified atom stereocenters. The van der Waals surface area contributed by atoms with E-state index in [9.17, 15) is 0 Å². The summed E-state index contributed by atoms with van der Waals surface area (Å²) in [6.45, 7) is 4.05. The van der Waals surface area contributed by atoms with Gasteiger partial charge < -0.3 is 5.32 Å². The second-order valence-electron chi connectivity index (χ2n) is 3.84. The molecule has 1 heterocycles. The van der Waals surface area contributed by atoms with Gasteiger partial charge in [-0.3, -0.25) is 0 Å². The van der Waals surface area contributed by atoms with Crippen molar-refractivity contribution in [2.75, 3.05) is 6.54 Å². The van der Waals surface area contributed by atoms with Crippen molar-refractivity contribution in [2.24, 2.45) is 0 Å². The Morgan fingerprint density at radius 2 is 2.31 bits per heavy atom. The summed E-state index contributed by atoms with van der Waals surface area (Å²) in [5.41, 5.74) is 2.67. The van der Waals surface area contributed by atoms with E-state index in [1.807, 2.05) is 11.6 Å². The maximum atomic E-state index is 4.25. The minimum absolute atomic E-state index is 0.938. The molecule has 1 aromatic heterocycles. The van der Waals surface area contributed by atoms with E-state index in [0.717, 1.165) is 19.5 Å². The molecule has 0 saturated heterocycles. The fraction of sp³-hybridized carbons (Fsp3) is 0.308. The summed E-state index contributed by atoms with van der Waals surface area (Å²) in [5, 5.41) is 6.66. The average molecular weight is 232 g/mol. The molecule has 0 amide bonds. The Kier molecular flexibility index (Phi) is 4.08. The van der Waals surface area contributed by atoms with E-state index >= 15 is 0 Å². The predicted molar refractivity (Wildman–Crippen MR) is 68.7 cm³/mol. The molecule has 0 aliphatic heterocycles. The third-order valence-electron chi connectivity index (χ3n) is 2.41. The number of hydrogen-bond donors (Lipinski definition) is 1. The van der Waals surface area contributed by atoms with Crippen molar-refractivity contribution in [3.63, 3.8) is 0 Å². The van der Waals surface area contributed by atoms with E-state index < -0.39 is 0 Å². The van der Waals surface area contributed by atoms with Gasteiger partial charge in [0.25, 0.3) is 0 Å². The Morgan fingerprint density at radius 1 is 1.38 bits per heavy atom. The van der Waals surface area contributed by atoms with E-state index in [2.05, 4.69) is 41.5 Å². The molecule has 0 spiro atoms. The number of thiazole rings is 1. The van der Waals surface area contributed by atoms with Crippen molar-refractivity contribution in [3.8, 4) is 0 Å². The number of aromatic nitrogens is 1. The number of hydrogen-bond acceptors (Lipinski definition) is 3. The van der Waals surface area contributed by atoms with Gasteiger partial charge in [-0.25, -0.2) is 4.98 Å². The summed E-state index contributed by atoms with van der Waals surface area (Å²) < 4.78 is 0. The molecule has 3 heteroatoms. The van der Waals surface area contributed by atoms with Crippen LogP contribution in [0.3, 0.4) is 0 Å². The lowest BCUT2D eigenvalue weighted by molar-refractivity contribution is 0.685. The summed E-state index contributed by atoms with van der Waals surface area (Å²) in [4.78, 5) is 4.25. The molecule has 1 N–H and O–H groups in total. The second-order valence-corrected chi connectivity index (χ2v) is 4.82. The highest BCUT2D eigenvalue weighted by molar-refractivity contribution is 7.09. The van der Waals surface area contributed by atoms with Gasteiger partial charge >= 0.3 is 0 Å². The van der Waals surface area contributed by atoms with Crippen molar-refractivity contribution in [2.45, 2.75) is 19.9 Å². The first-order valence-electron chi connectivity index (χ1n) is 5.49. The number of benzene rings is 1. The molecule has 0 saturated carbocycles. The summed E-state index contributed by atoms with van der Waals surface area (Å²) in [5.74, 6) is 0. The van der Waals surface area contributed by atoms with Crippen molar-refractivity contribution in [3.05, 3.63) is 52.0 Å². The normalized spacial score (nSPS) is 10.6. The molecule has 0 atom stereocenters. The third-order valence-corrected chi connectivity index (χ3v) is 3.25. The third kappa shape index (κ3) is 3.43. The number of nitrogens with one attached hydrogen (secondary N) is 1. The van der Waals surface area contributed by atoms with Crippen LogP contribution < -0.4 is 5.32 Å². The first-order valence-corrected chi connectivity index (χ1v) is 6.37. The van der Waals surface area contributed by atoms with Gasteiger partial charge in [0.15, 0.2) is 0 Å². The minimum Gasteiger partial charge on any atom is -0.312 e. The van der Waals surface area contributed by atoms with E-state index in [1.165, 1.54) is 16.1 Å². The van der Waals surface area contributed by atoms with Gasteiger partial charge in [-0.2, -0.15) is 0 Å². The zero-order valence-corrected chi connectivity index (χ0v) is 10.3. The highest BCUT2D eigenvalue weighted by Gasteiger charge is 1.96. The van der Waals surface area contributed by atoms with Crippen molar-refractivity contribution in [1.29, 1.82) is 0 Å². The standard InChI is InChI=1S/C13H16N2S/c1-11-3-2-4-12(9-11)10-14-6-5-13-15-7-8-16-13/h2-4,7-9,14H,5-6,10H2,1H3. The average Bonchev–Trinajstić information content (AvgIpc) is 2.77. The first kappa shape index (κ1) is 11.3. The Bertz CT molecular complexity index is 423. The Balaban J connectivity index is 1.72. The quantitative estimate of drug-likeness (QED) is 0.802. The Labute approximate surface area is 100 Å². The molecule has 16 heavy (non-hydrogen) atoms. The van der Waals surface area contributed by atoms with Crippen LogP contribution in [0.2, 0.25) is 0 Å². The molecule has 0 bridgehead atoms. The maximum absolute atomic E-state index is 4.25. The Hall–Kier alpha value is -1.19. The predicted octanol–water partition coefficient (Wildman–Crippen LogP) is 2.78. The van der Waals surface area contributed by atoms with Gasteiger partial charge in [0.1, 0.15) is 0 Å². The summed E-state index contributed by atoms with van der Waals surface area (Å²) >= 11 is 1.72. The van der Waals surface area contributed by atoms with Gasteiger partial charge in [-0.05, 0) is 12.5 Å². The number of rotatable bonds is 5. The second kappa shape index (κ2) is 5.77. The molecular formula is C13H16N2S. The largest absolute Gasteiger partial charge is 0.312 e. The van der Waals surface area contributed by atoms with Crippen LogP contribution in [-0.4, -0.2) is 11.5 Å². The molecule has 0 fully saturated rings. The number of nitrogens with zero attached hydrogens (tertiary/aromatic N) is 1. The van der Waals surface area contributed by atoms with Crippen LogP contribution in [0.4, 0.5) is 0 Å². The van der Waals surface area contributed by atoms with Gasteiger partial charge in [0.2, 0.25) is 0 Å². The van der Waals surface area contributed by atoms with E-state index in [0.29, 0.717) is 0 Å². The van der Waals surface area contributed by atoms with Crippen LogP contribution in [0.1, 0.15) is 16.1 Å². The van der Waals surface area contributed by atoms with Crippen LogP contribution in [-0.2, 0) is 13.0 Å². The minimum atomic E-state index is 0.938. The van der Waals surface area contributed by atoms with E-state index in [1.54, 1.807) is 11.3 Å². The molecule has 0 radical (unpaired) electrons. The highest BCUT2D eigenvalue weighted by Crippen LogP contribution is 2.05. The SMILES string of the molecule is Cc1cccc(CNCCc2nccs2)c1. The van der Waals surface area contributed by atoms with Crippen LogP contribution in [0.25, 0.3) is 0 Å². The van der Waals surface area contributed by atoms with Crippen LogP contribution >= 0.6 is 11.3 Å². The van der Waals surface area contributed by atoms with Crippen LogP contribution in [0.5, 0.6) is 0 Å². The van der Waals surface area contributed by atoms with Crippen molar-refractivity contribution >= 4 is 11.3 Å². The van der Waals surface area contributed by atoms with E-state index in [-0.39, 0.29) is 0 Å². The lowest BCUT2D eigenvalue weighted by Crippen LogP contribution is -2.16. The van der Waals surface area contributed by atoms with Gasteiger partial charge in [0, 0.05) is 31.1 Å². The smallest absolute Gasteiger partial charge is 0.0937 e. The molecule has 0 aliphatic carbocycles. The highest BCUT2D eigenvalue weighted by atomic mass is 32.1. The molecule has 0 aliphatic rings. The van der Waals surface area contributed by atoms with Crippen LogP contribution in [0, 0.1) is 6.92 Å².